The van der Waals surface area contributed by atoms with Gasteiger partial charge in [0.25, 0.3) is 0 Å². The van der Waals surface area contributed by atoms with E-state index in [0.29, 0.717) is 18.9 Å². The number of ether oxygens (including phenoxy) is 1. The molecule has 4 N–H and O–H groups in total. The number of rotatable bonds is 5. The van der Waals surface area contributed by atoms with E-state index in [1.807, 2.05) is 0 Å². The summed E-state index contributed by atoms with van der Waals surface area (Å²) in [4.78, 5) is 56.7. The Morgan fingerprint density at radius 3 is 2.42 bits per heavy atom. The molecular formula is C17H17F2N4O7P. The number of hydrogen-bond donors (Lipinski definition) is 4. The number of hydrogen-bond acceptors (Lipinski definition) is 8. The van der Waals surface area contributed by atoms with Gasteiger partial charge in [-0.3, -0.25) is 4.90 Å². The van der Waals surface area contributed by atoms with Crippen molar-refractivity contribution in [3.8, 4) is 11.1 Å². The molecule has 2 aromatic rings. The molecule has 4 rings (SSSR count). The van der Waals surface area contributed by atoms with Gasteiger partial charge < -0.3 is 5.32 Å². The summed E-state index contributed by atoms with van der Waals surface area (Å²) in [5.41, 5.74) is -0.470. The number of aromatic nitrogens is 1. The summed E-state index contributed by atoms with van der Waals surface area (Å²) in [6, 6.07) is 4.35. The number of benzene rings is 1. The van der Waals surface area contributed by atoms with Gasteiger partial charge in [-0.2, -0.15) is 0 Å². The van der Waals surface area contributed by atoms with E-state index in [-0.39, 0.29) is 22.8 Å². The number of carbonyl (C=O) groups excluding carboxylic acids is 2. The van der Waals surface area contributed by atoms with Crippen LogP contribution in [0.15, 0.2) is 30.5 Å². The zero-order valence-corrected chi connectivity index (χ0v) is 16.7. The van der Waals surface area contributed by atoms with E-state index >= 15 is 0 Å². The first-order chi connectivity index (χ1) is 14.6. The fourth-order valence-corrected chi connectivity index (χ4v) is 3.74. The number of halogens is 2. The van der Waals surface area contributed by atoms with Gasteiger partial charge in [0.1, 0.15) is 0 Å². The van der Waals surface area contributed by atoms with Gasteiger partial charge in [-0.25, -0.2) is 4.79 Å². The Balaban J connectivity index is 1.57. The molecule has 14 heteroatoms. The summed E-state index contributed by atoms with van der Waals surface area (Å²) in [5.74, 6) is -1.65. The van der Waals surface area contributed by atoms with Gasteiger partial charge in [0, 0.05) is 13.1 Å². The monoisotopic (exact) mass is 458 g/mol. The molecule has 3 amide bonds. The Hall–Kier alpha value is -2.96. The minimum absolute atomic E-state index is 0.117. The van der Waals surface area contributed by atoms with Crippen LogP contribution in [0.25, 0.3) is 11.1 Å². The van der Waals surface area contributed by atoms with E-state index in [2.05, 4.69) is 14.8 Å². The van der Waals surface area contributed by atoms with Gasteiger partial charge in [-0.1, -0.05) is 0 Å². The van der Waals surface area contributed by atoms with Crippen LogP contribution >= 0.6 is 8.17 Å². The van der Waals surface area contributed by atoms with Crippen molar-refractivity contribution in [1.29, 1.82) is 0 Å². The third kappa shape index (κ3) is 4.40. The Kier molecular flexibility index (Phi) is 5.45. The van der Waals surface area contributed by atoms with E-state index < -0.39 is 38.7 Å². The molecule has 166 valence electrons. The van der Waals surface area contributed by atoms with Crippen molar-refractivity contribution in [1.82, 2.24) is 10.3 Å². The summed E-state index contributed by atoms with van der Waals surface area (Å²) >= 11 is 0. The molecule has 1 aromatic heterocycles. The van der Waals surface area contributed by atoms with Gasteiger partial charge in [-0.15, -0.1) is 0 Å². The molecule has 0 bridgehead atoms. The Morgan fingerprint density at radius 1 is 1.16 bits per heavy atom. The fraction of sp³-hybridized carbons (Fsp3) is 0.235. The van der Waals surface area contributed by atoms with Crippen molar-refractivity contribution in [3.05, 3.63) is 42.1 Å². The van der Waals surface area contributed by atoms with Crippen molar-refractivity contribution >= 4 is 31.8 Å². The zero-order valence-electron chi connectivity index (χ0n) is 15.7. The summed E-state index contributed by atoms with van der Waals surface area (Å²) in [6.45, 7) is 0.462. The van der Waals surface area contributed by atoms with Gasteiger partial charge in [0.05, 0.1) is 0 Å². The normalized spacial score (nSPS) is 19.6. The molecule has 2 aliphatic heterocycles. The van der Waals surface area contributed by atoms with Gasteiger partial charge >= 0.3 is 145 Å². The number of nitrogens with one attached hydrogen (secondary N) is 1. The van der Waals surface area contributed by atoms with Crippen LogP contribution in [0.2, 0.25) is 0 Å². The Bertz CT molecular complexity index is 1010. The number of carbonyl (C=O) groups is 2. The number of anilines is 2. The summed E-state index contributed by atoms with van der Waals surface area (Å²) in [5, 5.41) is 2.62. The van der Waals surface area contributed by atoms with Gasteiger partial charge in [-0.05, 0) is 0 Å². The van der Waals surface area contributed by atoms with Crippen molar-refractivity contribution in [2.45, 2.75) is 6.29 Å². The van der Waals surface area contributed by atoms with Crippen molar-refractivity contribution in [2.24, 2.45) is 0 Å². The molecule has 2 fully saturated rings. The third-order valence-electron chi connectivity index (χ3n) is 4.58. The standard InChI is InChI=1S/C17H17F2N4O7P/c18-11-5-10(23-8-14(29-17(23)25)30-31(26,27)28)6-12(19)15(11)9-1-2-13(21-7-9)22-4-3-20-16(22)24/h1-2,5-7,14,26-28,31H,3-4,8H2,(H,20,24)/t14-/m0/s1. The fourth-order valence-electron chi connectivity index (χ4n) is 3.26. The van der Waals surface area contributed by atoms with Gasteiger partial charge in [0.2, 0.25) is 0 Å². The third-order valence-corrected chi connectivity index (χ3v) is 5.16. The maximum atomic E-state index is 14.7. The van der Waals surface area contributed by atoms with Crippen LogP contribution in [0.3, 0.4) is 0 Å². The molecule has 0 saturated carbocycles. The first kappa shape index (κ1) is 21.3. The zero-order chi connectivity index (χ0) is 22.3. The average Bonchev–Trinajstić information content (AvgIpc) is 3.25. The maximum absolute atomic E-state index is 14.7. The molecule has 0 radical (unpaired) electrons. The van der Waals surface area contributed by atoms with Crippen molar-refractivity contribution in [3.63, 3.8) is 0 Å². The topological polar surface area (TPSA) is 145 Å². The molecule has 0 spiro atoms. The number of nitrogens with zero attached hydrogens (tertiary/aromatic N) is 3. The van der Waals surface area contributed by atoms with E-state index in [0.717, 1.165) is 17.0 Å². The van der Waals surface area contributed by atoms with Crippen LogP contribution in [-0.4, -0.2) is 57.7 Å². The van der Waals surface area contributed by atoms with Gasteiger partial charge in [0.15, 0.2) is 0 Å². The number of pyridine rings is 1. The van der Waals surface area contributed by atoms with Crippen LogP contribution in [0, 0.1) is 11.6 Å². The van der Waals surface area contributed by atoms with Crippen LogP contribution in [0.5, 0.6) is 0 Å². The summed E-state index contributed by atoms with van der Waals surface area (Å²) in [7, 11) is -4.96. The molecule has 2 saturated heterocycles. The molecule has 1 atom stereocenters. The summed E-state index contributed by atoms with van der Waals surface area (Å²) in [6.07, 6.45) is -1.35. The van der Waals surface area contributed by atoms with E-state index in [9.17, 15) is 18.4 Å². The second kappa shape index (κ2) is 7.94. The van der Waals surface area contributed by atoms with Crippen LogP contribution in [0.4, 0.5) is 29.9 Å². The predicted octanol–water partition coefficient (Wildman–Crippen LogP) is 1.24. The Labute approximate surface area is 174 Å². The van der Waals surface area contributed by atoms with Crippen LogP contribution in [-0.2, 0) is 9.26 Å². The van der Waals surface area contributed by atoms with E-state index in [1.165, 1.54) is 23.2 Å². The van der Waals surface area contributed by atoms with E-state index in [4.69, 9.17) is 19.4 Å². The minimum atomic E-state index is -4.96. The molecule has 11 nitrogen and oxygen atoms in total. The number of urea groups is 1. The van der Waals surface area contributed by atoms with Crippen molar-refractivity contribution in [2.75, 3.05) is 29.4 Å². The molecule has 31 heavy (non-hydrogen) atoms. The van der Waals surface area contributed by atoms with Crippen LogP contribution < -0.4 is 15.1 Å². The first-order valence-electron chi connectivity index (χ1n) is 8.96. The quantitative estimate of drug-likeness (QED) is 0.490. The number of cyclic esters (lactones) is 1. The molecule has 0 aliphatic carbocycles. The SMILES string of the molecule is O=C1O[C@@H](O[PH](O)(O)O)CN1c1cc(F)c(-c2ccc(N3CCNC3=O)nc2)c(F)c1. The van der Waals surface area contributed by atoms with E-state index in [1.54, 1.807) is 0 Å². The van der Waals surface area contributed by atoms with Crippen LogP contribution in [0.1, 0.15) is 0 Å². The summed E-state index contributed by atoms with van der Waals surface area (Å²) < 4.78 is 38.6. The molecule has 2 aliphatic rings. The second-order valence-corrected chi connectivity index (χ2v) is 8.07. The molecule has 3 heterocycles. The van der Waals surface area contributed by atoms with Crippen molar-refractivity contribution < 1.29 is 42.3 Å². The molecule has 0 unspecified atom stereocenters. The molecular weight excluding hydrogens is 441 g/mol. The number of amides is 3. The predicted molar refractivity (Wildman–Crippen MR) is 104 cm³/mol. The Morgan fingerprint density at radius 2 is 1.87 bits per heavy atom. The average molecular weight is 458 g/mol. The molecule has 1 aromatic carbocycles. The first-order valence-corrected chi connectivity index (χ1v) is 10.7. The second-order valence-electron chi connectivity index (χ2n) is 6.69.